The summed E-state index contributed by atoms with van der Waals surface area (Å²) in [5.41, 5.74) is 4.69. The predicted octanol–water partition coefficient (Wildman–Crippen LogP) is -0.0187. The number of carbonyl (C=O) groups excluding carboxylic acids is 2. The SMILES string of the molecule is CC(Br)C(=O)NCCOC(N)=O. The van der Waals surface area contributed by atoms with Crippen LogP contribution in [-0.2, 0) is 9.53 Å². The van der Waals surface area contributed by atoms with Crippen molar-refractivity contribution in [3.8, 4) is 0 Å². The molecule has 2 amide bonds. The lowest BCUT2D eigenvalue weighted by atomic mass is 10.4. The van der Waals surface area contributed by atoms with Crippen molar-refractivity contribution in [1.82, 2.24) is 5.32 Å². The van der Waals surface area contributed by atoms with E-state index < -0.39 is 6.09 Å². The van der Waals surface area contributed by atoms with Crippen LogP contribution < -0.4 is 11.1 Å². The van der Waals surface area contributed by atoms with E-state index in [0.717, 1.165) is 0 Å². The Bertz CT molecular complexity index is 172. The number of hydrogen-bond acceptors (Lipinski definition) is 3. The van der Waals surface area contributed by atoms with E-state index >= 15 is 0 Å². The average Bonchev–Trinajstić information content (AvgIpc) is 1.97. The van der Waals surface area contributed by atoms with Crippen molar-refractivity contribution in [3.63, 3.8) is 0 Å². The number of carbonyl (C=O) groups is 2. The summed E-state index contributed by atoms with van der Waals surface area (Å²) in [5.74, 6) is -0.150. The van der Waals surface area contributed by atoms with Crippen molar-refractivity contribution in [2.75, 3.05) is 13.2 Å². The second kappa shape index (κ2) is 5.82. The van der Waals surface area contributed by atoms with Gasteiger partial charge in [-0.1, -0.05) is 15.9 Å². The molecule has 5 nitrogen and oxygen atoms in total. The zero-order valence-electron chi connectivity index (χ0n) is 6.67. The van der Waals surface area contributed by atoms with E-state index in [1.54, 1.807) is 6.92 Å². The van der Waals surface area contributed by atoms with E-state index in [9.17, 15) is 9.59 Å². The van der Waals surface area contributed by atoms with E-state index in [-0.39, 0.29) is 23.9 Å². The fraction of sp³-hybridized carbons (Fsp3) is 0.667. The molecule has 0 saturated heterocycles. The quantitative estimate of drug-likeness (QED) is 0.534. The van der Waals surface area contributed by atoms with Crippen LogP contribution in [0.25, 0.3) is 0 Å². The first-order valence-corrected chi connectivity index (χ1v) is 4.29. The van der Waals surface area contributed by atoms with Crippen LogP contribution in [0.5, 0.6) is 0 Å². The second-order valence-electron chi connectivity index (χ2n) is 2.07. The summed E-state index contributed by atoms with van der Waals surface area (Å²) in [6.45, 7) is 2.07. The van der Waals surface area contributed by atoms with Gasteiger partial charge in [-0.05, 0) is 6.92 Å². The van der Waals surface area contributed by atoms with Crippen LogP contribution in [0.3, 0.4) is 0 Å². The van der Waals surface area contributed by atoms with Crippen LogP contribution >= 0.6 is 15.9 Å². The summed E-state index contributed by atoms with van der Waals surface area (Å²) in [4.78, 5) is 20.7. The molecule has 0 aromatic heterocycles. The fourth-order valence-corrected chi connectivity index (χ4v) is 0.628. The monoisotopic (exact) mass is 238 g/mol. The zero-order chi connectivity index (χ0) is 9.56. The molecule has 0 radical (unpaired) electrons. The van der Waals surface area contributed by atoms with Gasteiger partial charge in [0.05, 0.1) is 11.4 Å². The lowest BCUT2D eigenvalue weighted by molar-refractivity contribution is -0.120. The van der Waals surface area contributed by atoms with Gasteiger partial charge >= 0.3 is 6.09 Å². The molecule has 6 heteroatoms. The number of halogens is 1. The van der Waals surface area contributed by atoms with Gasteiger partial charge in [0.1, 0.15) is 6.61 Å². The molecule has 0 aromatic rings. The maximum Gasteiger partial charge on any atom is 0.404 e. The molecule has 0 bridgehead atoms. The highest BCUT2D eigenvalue weighted by atomic mass is 79.9. The Morgan fingerprint density at radius 1 is 1.67 bits per heavy atom. The molecule has 1 unspecified atom stereocenters. The number of ether oxygens (including phenoxy) is 1. The summed E-state index contributed by atoms with van der Waals surface area (Å²) < 4.78 is 4.38. The van der Waals surface area contributed by atoms with E-state index in [2.05, 4.69) is 31.7 Å². The number of rotatable bonds is 4. The molecule has 12 heavy (non-hydrogen) atoms. The molecule has 0 spiro atoms. The maximum absolute atomic E-state index is 10.9. The van der Waals surface area contributed by atoms with Crippen LogP contribution in [0.15, 0.2) is 0 Å². The minimum Gasteiger partial charge on any atom is -0.448 e. The Hall–Kier alpha value is -0.780. The van der Waals surface area contributed by atoms with Gasteiger partial charge in [0.2, 0.25) is 5.91 Å². The highest BCUT2D eigenvalue weighted by Gasteiger charge is 2.06. The highest BCUT2D eigenvalue weighted by molar-refractivity contribution is 9.10. The smallest absolute Gasteiger partial charge is 0.404 e. The van der Waals surface area contributed by atoms with Crippen LogP contribution in [0.1, 0.15) is 6.92 Å². The molecule has 0 aliphatic rings. The van der Waals surface area contributed by atoms with E-state index in [0.29, 0.717) is 0 Å². The molecular formula is C6H11BrN2O3. The largest absolute Gasteiger partial charge is 0.448 e. The Morgan fingerprint density at radius 2 is 2.25 bits per heavy atom. The molecule has 0 aromatic carbocycles. The average molecular weight is 239 g/mol. The third-order valence-corrected chi connectivity index (χ3v) is 1.42. The summed E-state index contributed by atoms with van der Waals surface area (Å²) >= 11 is 3.08. The molecule has 0 rings (SSSR count). The Kier molecular flexibility index (Phi) is 5.44. The van der Waals surface area contributed by atoms with Crippen molar-refractivity contribution < 1.29 is 14.3 Å². The van der Waals surface area contributed by atoms with Crippen molar-refractivity contribution in [3.05, 3.63) is 0 Å². The Morgan fingerprint density at radius 3 is 2.67 bits per heavy atom. The van der Waals surface area contributed by atoms with Gasteiger partial charge in [-0.25, -0.2) is 4.79 Å². The van der Waals surface area contributed by atoms with Crippen molar-refractivity contribution >= 4 is 27.9 Å². The second-order valence-corrected chi connectivity index (χ2v) is 3.45. The van der Waals surface area contributed by atoms with E-state index in [4.69, 9.17) is 0 Å². The van der Waals surface area contributed by atoms with E-state index in [1.807, 2.05) is 0 Å². The molecule has 70 valence electrons. The van der Waals surface area contributed by atoms with Crippen LogP contribution in [0.2, 0.25) is 0 Å². The summed E-state index contributed by atoms with van der Waals surface area (Å²) in [5, 5.41) is 2.52. The number of nitrogens with one attached hydrogen (secondary N) is 1. The molecule has 0 fully saturated rings. The van der Waals surface area contributed by atoms with Gasteiger partial charge in [0, 0.05) is 0 Å². The highest BCUT2D eigenvalue weighted by Crippen LogP contribution is 1.95. The van der Waals surface area contributed by atoms with E-state index in [1.165, 1.54) is 0 Å². The van der Waals surface area contributed by atoms with Gasteiger partial charge in [0.15, 0.2) is 0 Å². The molecule has 3 N–H and O–H groups in total. The van der Waals surface area contributed by atoms with Crippen molar-refractivity contribution in [2.45, 2.75) is 11.8 Å². The Labute approximate surface area is 78.8 Å². The number of nitrogens with two attached hydrogens (primary N) is 1. The minimum atomic E-state index is -0.837. The summed E-state index contributed by atoms with van der Waals surface area (Å²) in [6, 6.07) is 0. The molecule has 1 atom stereocenters. The molecule has 0 aliphatic heterocycles. The third kappa shape index (κ3) is 5.96. The number of hydrogen-bond donors (Lipinski definition) is 2. The standard InChI is InChI=1S/C6H11BrN2O3/c1-4(7)5(10)9-2-3-12-6(8)11/h4H,2-3H2,1H3,(H2,8,11)(H,9,10). The molecular weight excluding hydrogens is 228 g/mol. The first-order valence-electron chi connectivity index (χ1n) is 3.38. The van der Waals surface area contributed by atoms with Crippen molar-refractivity contribution in [1.29, 1.82) is 0 Å². The normalized spacial score (nSPS) is 11.8. The van der Waals surface area contributed by atoms with Gasteiger partial charge in [-0.3, -0.25) is 4.79 Å². The lowest BCUT2D eigenvalue weighted by Crippen LogP contribution is -2.33. The van der Waals surface area contributed by atoms with Crippen LogP contribution in [0, 0.1) is 0 Å². The summed E-state index contributed by atoms with van der Waals surface area (Å²) in [6.07, 6.45) is -0.837. The van der Waals surface area contributed by atoms with Gasteiger partial charge in [0.25, 0.3) is 0 Å². The molecule has 0 aliphatic carbocycles. The van der Waals surface area contributed by atoms with Crippen LogP contribution in [-0.4, -0.2) is 30.0 Å². The van der Waals surface area contributed by atoms with Gasteiger partial charge in [-0.15, -0.1) is 0 Å². The molecule has 0 heterocycles. The van der Waals surface area contributed by atoms with Crippen LogP contribution in [0.4, 0.5) is 4.79 Å². The lowest BCUT2D eigenvalue weighted by Gasteiger charge is -2.05. The predicted molar refractivity (Wildman–Crippen MR) is 46.9 cm³/mol. The first kappa shape index (κ1) is 11.2. The number of amides is 2. The third-order valence-electron chi connectivity index (χ3n) is 1.01. The number of primary amides is 1. The summed E-state index contributed by atoms with van der Waals surface area (Å²) in [7, 11) is 0. The minimum absolute atomic E-state index is 0.0980. The molecule has 0 saturated carbocycles. The maximum atomic E-state index is 10.9. The fourth-order valence-electron chi connectivity index (χ4n) is 0.466. The first-order chi connectivity index (χ1) is 5.54. The number of alkyl halides is 1. The zero-order valence-corrected chi connectivity index (χ0v) is 8.26. The van der Waals surface area contributed by atoms with Gasteiger partial charge < -0.3 is 15.8 Å². The van der Waals surface area contributed by atoms with Gasteiger partial charge in [-0.2, -0.15) is 0 Å². The van der Waals surface area contributed by atoms with Crippen molar-refractivity contribution in [2.24, 2.45) is 5.73 Å². The topological polar surface area (TPSA) is 81.4 Å². The Balaban J connectivity index is 3.32.